The van der Waals surface area contributed by atoms with Crippen molar-refractivity contribution in [2.75, 3.05) is 18.9 Å². The second kappa shape index (κ2) is 8.40. The third kappa shape index (κ3) is 4.89. The number of para-hydroxylation sites is 1. The van der Waals surface area contributed by atoms with Crippen molar-refractivity contribution in [3.8, 4) is 0 Å². The molecule has 5 heteroatoms. The van der Waals surface area contributed by atoms with Crippen molar-refractivity contribution in [3.63, 3.8) is 0 Å². The number of nitrogens with zero attached hydrogens (tertiary/aromatic N) is 1. The minimum atomic E-state index is -0.266. The van der Waals surface area contributed by atoms with E-state index in [9.17, 15) is 9.18 Å². The Bertz CT molecular complexity index is 733. The molecule has 0 spiro atoms. The number of amides is 1. The molecule has 1 amide bonds. The average molecular weight is 393 g/mol. The molecule has 0 saturated carbocycles. The molecule has 3 nitrogen and oxygen atoms in total. The van der Waals surface area contributed by atoms with E-state index in [1.807, 2.05) is 25.1 Å². The van der Waals surface area contributed by atoms with Crippen LogP contribution in [0, 0.1) is 12.7 Å². The molecule has 0 radical (unpaired) electrons. The van der Waals surface area contributed by atoms with Gasteiger partial charge in [0.25, 0.3) is 0 Å². The summed E-state index contributed by atoms with van der Waals surface area (Å²) in [5.74, 6) is -0.366. The van der Waals surface area contributed by atoms with Gasteiger partial charge in [-0.25, -0.2) is 4.39 Å². The van der Waals surface area contributed by atoms with Crippen LogP contribution < -0.4 is 5.32 Å². The van der Waals surface area contributed by atoms with Crippen molar-refractivity contribution in [1.29, 1.82) is 0 Å². The van der Waals surface area contributed by atoms with E-state index in [2.05, 4.69) is 28.2 Å². The number of anilines is 1. The number of carbonyl (C=O) groups is 1. The maximum Gasteiger partial charge on any atom is 0.238 e. The van der Waals surface area contributed by atoms with Crippen LogP contribution in [0.1, 0.15) is 23.6 Å². The van der Waals surface area contributed by atoms with Crippen LogP contribution in [-0.4, -0.2) is 24.4 Å². The predicted octanol–water partition coefficient (Wildman–Crippen LogP) is 4.53. The Morgan fingerprint density at radius 3 is 2.71 bits per heavy atom. The topological polar surface area (TPSA) is 32.3 Å². The van der Waals surface area contributed by atoms with Gasteiger partial charge in [0.2, 0.25) is 5.91 Å². The number of hydrogen-bond donors (Lipinski definition) is 1. The molecule has 0 heterocycles. The summed E-state index contributed by atoms with van der Waals surface area (Å²) in [5, 5.41) is 2.99. The molecule has 2 aromatic rings. The number of likely N-dealkylation sites (N-methyl/N-ethyl adjacent to an activating group) is 1. The fourth-order valence-electron chi connectivity index (χ4n) is 2.64. The third-order valence-electron chi connectivity index (χ3n) is 3.87. The summed E-state index contributed by atoms with van der Waals surface area (Å²) in [4.78, 5) is 14.1. The summed E-state index contributed by atoms with van der Waals surface area (Å²) in [6.07, 6.45) is 0.858. The number of carbonyl (C=O) groups excluding carboxylic acids is 1. The van der Waals surface area contributed by atoms with Crippen LogP contribution in [0.4, 0.5) is 10.1 Å². The molecule has 128 valence electrons. The first kappa shape index (κ1) is 18.6. The molecule has 0 aliphatic carbocycles. The Kier molecular flexibility index (Phi) is 6.52. The zero-order valence-corrected chi connectivity index (χ0v) is 15.8. The Balaban J connectivity index is 2.01. The summed E-state index contributed by atoms with van der Waals surface area (Å²) in [6.45, 7) is 4.61. The van der Waals surface area contributed by atoms with Gasteiger partial charge in [-0.2, -0.15) is 0 Å². The number of hydrogen-bond acceptors (Lipinski definition) is 2. The van der Waals surface area contributed by atoms with Crippen molar-refractivity contribution in [1.82, 2.24) is 4.90 Å². The van der Waals surface area contributed by atoms with E-state index in [1.54, 1.807) is 24.1 Å². The minimum Gasteiger partial charge on any atom is -0.324 e. The van der Waals surface area contributed by atoms with E-state index < -0.39 is 0 Å². The molecule has 0 aliphatic heterocycles. The highest BCUT2D eigenvalue weighted by Crippen LogP contribution is 2.21. The SMILES string of the molecule is CCc1cccc(C)c1NC(=O)CN(C)Cc1cc(Br)ccc1F. The zero-order chi connectivity index (χ0) is 17.7. The van der Waals surface area contributed by atoms with Crippen LogP contribution in [0.25, 0.3) is 0 Å². The lowest BCUT2D eigenvalue weighted by Crippen LogP contribution is -2.30. The lowest BCUT2D eigenvalue weighted by Gasteiger charge is -2.18. The Morgan fingerprint density at radius 1 is 1.25 bits per heavy atom. The van der Waals surface area contributed by atoms with Crippen molar-refractivity contribution >= 4 is 27.5 Å². The van der Waals surface area contributed by atoms with Gasteiger partial charge in [-0.1, -0.05) is 41.1 Å². The molecule has 2 rings (SSSR count). The summed E-state index contributed by atoms with van der Waals surface area (Å²) in [6, 6.07) is 10.8. The van der Waals surface area contributed by atoms with E-state index in [-0.39, 0.29) is 18.3 Å². The lowest BCUT2D eigenvalue weighted by molar-refractivity contribution is -0.117. The lowest BCUT2D eigenvalue weighted by atomic mass is 10.1. The predicted molar refractivity (Wildman–Crippen MR) is 99.6 cm³/mol. The van der Waals surface area contributed by atoms with Gasteiger partial charge in [-0.15, -0.1) is 0 Å². The monoisotopic (exact) mass is 392 g/mol. The normalized spacial score (nSPS) is 10.9. The van der Waals surface area contributed by atoms with Gasteiger partial charge in [0.1, 0.15) is 5.82 Å². The van der Waals surface area contributed by atoms with E-state index in [4.69, 9.17) is 0 Å². The van der Waals surface area contributed by atoms with Gasteiger partial charge < -0.3 is 5.32 Å². The molecule has 0 saturated heterocycles. The number of benzene rings is 2. The molecule has 2 aromatic carbocycles. The van der Waals surface area contributed by atoms with Gasteiger partial charge in [0, 0.05) is 22.3 Å². The number of halogens is 2. The third-order valence-corrected chi connectivity index (χ3v) is 4.36. The van der Waals surface area contributed by atoms with Gasteiger partial charge in [0.15, 0.2) is 0 Å². The second-order valence-corrected chi connectivity index (χ2v) is 6.83. The Hall–Kier alpha value is -1.72. The molecule has 1 N–H and O–H groups in total. The number of nitrogens with one attached hydrogen (secondary N) is 1. The van der Waals surface area contributed by atoms with Gasteiger partial charge in [0.05, 0.1) is 6.54 Å². The standard InChI is InChI=1S/C19H22BrFN2O/c1-4-14-7-5-6-13(2)19(14)22-18(24)12-23(3)11-15-10-16(20)8-9-17(15)21/h5-10H,4,11-12H2,1-3H3,(H,22,24). The molecule has 0 fully saturated rings. The first-order chi connectivity index (χ1) is 11.4. The van der Waals surface area contributed by atoms with Crippen LogP contribution in [0.5, 0.6) is 0 Å². The molecular weight excluding hydrogens is 371 g/mol. The summed E-state index contributed by atoms with van der Waals surface area (Å²) in [5.41, 5.74) is 3.60. The quantitative estimate of drug-likeness (QED) is 0.782. The first-order valence-corrected chi connectivity index (χ1v) is 8.70. The van der Waals surface area contributed by atoms with Gasteiger partial charge >= 0.3 is 0 Å². The fraction of sp³-hybridized carbons (Fsp3) is 0.316. The van der Waals surface area contributed by atoms with Gasteiger partial charge in [-0.3, -0.25) is 9.69 Å². The van der Waals surface area contributed by atoms with Crippen LogP contribution in [0.15, 0.2) is 40.9 Å². The van der Waals surface area contributed by atoms with E-state index in [1.165, 1.54) is 6.07 Å². The maximum absolute atomic E-state index is 13.8. The molecule has 0 bridgehead atoms. The molecule has 0 aliphatic rings. The zero-order valence-electron chi connectivity index (χ0n) is 14.2. The van der Waals surface area contributed by atoms with Crippen molar-refractivity contribution in [3.05, 3.63) is 63.4 Å². The number of aryl methyl sites for hydroxylation is 2. The van der Waals surface area contributed by atoms with E-state index in [0.717, 1.165) is 27.7 Å². The van der Waals surface area contributed by atoms with Crippen molar-refractivity contribution in [2.24, 2.45) is 0 Å². The maximum atomic E-state index is 13.8. The molecule has 24 heavy (non-hydrogen) atoms. The van der Waals surface area contributed by atoms with Crippen LogP contribution in [0.2, 0.25) is 0 Å². The van der Waals surface area contributed by atoms with Crippen LogP contribution in [-0.2, 0) is 17.8 Å². The molecular formula is C19H22BrFN2O. The van der Waals surface area contributed by atoms with Crippen LogP contribution >= 0.6 is 15.9 Å². The number of rotatable bonds is 6. The van der Waals surface area contributed by atoms with Crippen molar-refractivity contribution < 1.29 is 9.18 Å². The molecule has 0 aromatic heterocycles. The van der Waals surface area contributed by atoms with E-state index in [0.29, 0.717) is 12.1 Å². The highest BCUT2D eigenvalue weighted by atomic mass is 79.9. The largest absolute Gasteiger partial charge is 0.324 e. The molecule has 0 unspecified atom stereocenters. The molecule has 0 atom stereocenters. The van der Waals surface area contributed by atoms with Crippen molar-refractivity contribution in [2.45, 2.75) is 26.8 Å². The highest BCUT2D eigenvalue weighted by molar-refractivity contribution is 9.10. The Labute approximate surface area is 151 Å². The van der Waals surface area contributed by atoms with Gasteiger partial charge in [-0.05, 0) is 49.7 Å². The fourth-order valence-corrected chi connectivity index (χ4v) is 3.05. The summed E-state index contributed by atoms with van der Waals surface area (Å²) in [7, 11) is 1.80. The first-order valence-electron chi connectivity index (χ1n) is 7.91. The summed E-state index contributed by atoms with van der Waals surface area (Å²) < 4.78 is 14.6. The Morgan fingerprint density at radius 2 is 2.00 bits per heavy atom. The smallest absolute Gasteiger partial charge is 0.238 e. The average Bonchev–Trinajstić information content (AvgIpc) is 2.52. The summed E-state index contributed by atoms with van der Waals surface area (Å²) >= 11 is 3.34. The van der Waals surface area contributed by atoms with E-state index >= 15 is 0 Å². The highest BCUT2D eigenvalue weighted by Gasteiger charge is 2.13. The minimum absolute atomic E-state index is 0.100. The second-order valence-electron chi connectivity index (χ2n) is 5.92. The van der Waals surface area contributed by atoms with Crippen LogP contribution in [0.3, 0.4) is 0 Å².